The number of hydrogen-bond donors (Lipinski definition) is 0. The zero-order chi connectivity index (χ0) is 9.14. The molecule has 0 saturated carbocycles. The van der Waals surface area contributed by atoms with Gasteiger partial charge in [-0.25, -0.2) is 0 Å². The van der Waals surface area contributed by atoms with E-state index in [1.165, 1.54) is 6.07 Å². The molecule has 0 fully saturated rings. The van der Waals surface area contributed by atoms with Crippen molar-refractivity contribution in [2.45, 2.75) is 20.5 Å². The lowest BCUT2D eigenvalue weighted by Gasteiger charge is -2.06. The lowest BCUT2D eigenvalue weighted by Crippen LogP contribution is -2.04. The maximum Gasteiger partial charge on any atom is 0.387 e. The molecule has 1 aromatic rings. The van der Waals surface area contributed by atoms with E-state index in [9.17, 15) is 8.78 Å². The second-order valence-corrected chi connectivity index (χ2v) is 2.41. The van der Waals surface area contributed by atoms with Crippen LogP contribution in [0.4, 0.5) is 8.78 Å². The minimum Gasteiger partial charge on any atom is -0.433 e. The highest BCUT2D eigenvalue weighted by Crippen LogP contribution is 2.17. The van der Waals surface area contributed by atoms with E-state index in [1.54, 1.807) is 19.9 Å². The van der Waals surface area contributed by atoms with Crippen LogP contribution in [-0.2, 0) is 0 Å². The third-order valence-corrected chi connectivity index (χ3v) is 1.39. The van der Waals surface area contributed by atoms with Gasteiger partial charge in [0.1, 0.15) is 5.75 Å². The number of halogens is 2. The summed E-state index contributed by atoms with van der Waals surface area (Å²) in [5, 5.41) is 0. The van der Waals surface area contributed by atoms with Crippen LogP contribution in [0.25, 0.3) is 0 Å². The molecule has 12 heavy (non-hydrogen) atoms. The topological polar surface area (TPSA) is 22.1 Å². The molecule has 1 aromatic heterocycles. The first-order chi connectivity index (χ1) is 5.59. The van der Waals surface area contributed by atoms with E-state index in [2.05, 4.69) is 9.72 Å². The summed E-state index contributed by atoms with van der Waals surface area (Å²) in [6, 6.07) is 3.12. The summed E-state index contributed by atoms with van der Waals surface area (Å²) >= 11 is 0. The van der Waals surface area contributed by atoms with Crippen molar-refractivity contribution in [2.75, 3.05) is 0 Å². The van der Waals surface area contributed by atoms with E-state index in [0.29, 0.717) is 5.69 Å². The molecule has 0 aliphatic heterocycles. The summed E-state index contributed by atoms with van der Waals surface area (Å²) in [6.45, 7) is 0.636. The molecule has 0 amide bonds. The number of hydrogen-bond acceptors (Lipinski definition) is 2. The van der Waals surface area contributed by atoms with E-state index in [0.717, 1.165) is 5.69 Å². The molecule has 0 aliphatic carbocycles. The number of alkyl halides is 2. The maximum absolute atomic E-state index is 11.8. The molecule has 1 heterocycles. The first kappa shape index (κ1) is 8.90. The van der Waals surface area contributed by atoms with Gasteiger partial charge in [0.2, 0.25) is 0 Å². The SMILES string of the molecule is Cc1ccc(OC(F)F)c(C)n1. The lowest BCUT2D eigenvalue weighted by atomic mass is 10.3. The highest BCUT2D eigenvalue weighted by atomic mass is 19.3. The Labute approximate surface area is 69.2 Å². The zero-order valence-electron chi connectivity index (χ0n) is 6.84. The zero-order valence-corrected chi connectivity index (χ0v) is 6.84. The normalized spacial score (nSPS) is 10.4. The number of rotatable bonds is 2. The third kappa shape index (κ3) is 2.15. The average molecular weight is 173 g/mol. The van der Waals surface area contributed by atoms with E-state index < -0.39 is 6.61 Å². The van der Waals surface area contributed by atoms with Gasteiger partial charge in [0.15, 0.2) is 0 Å². The molecule has 0 N–H and O–H groups in total. The van der Waals surface area contributed by atoms with E-state index in [-0.39, 0.29) is 5.75 Å². The molecule has 0 aromatic carbocycles. The molecule has 1 rings (SSSR count). The molecular formula is C8H9F2NO. The molecule has 0 spiro atoms. The van der Waals surface area contributed by atoms with Gasteiger partial charge in [0.25, 0.3) is 0 Å². The molecular weight excluding hydrogens is 164 g/mol. The van der Waals surface area contributed by atoms with Crippen molar-refractivity contribution < 1.29 is 13.5 Å². The van der Waals surface area contributed by atoms with E-state index in [1.807, 2.05) is 0 Å². The minimum atomic E-state index is -2.78. The van der Waals surface area contributed by atoms with Gasteiger partial charge in [-0.2, -0.15) is 8.78 Å². The minimum absolute atomic E-state index is 0.135. The van der Waals surface area contributed by atoms with Gasteiger partial charge >= 0.3 is 6.61 Å². The van der Waals surface area contributed by atoms with Gasteiger partial charge < -0.3 is 4.74 Å². The van der Waals surface area contributed by atoms with Gasteiger partial charge in [-0.15, -0.1) is 0 Å². The Hall–Kier alpha value is -1.19. The highest BCUT2D eigenvalue weighted by Gasteiger charge is 2.07. The first-order valence-corrected chi connectivity index (χ1v) is 3.48. The number of pyridine rings is 1. The summed E-state index contributed by atoms with van der Waals surface area (Å²) in [5.74, 6) is 0.135. The quantitative estimate of drug-likeness (QED) is 0.684. The molecule has 0 aliphatic rings. The van der Waals surface area contributed by atoms with Gasteiger partial charge in [-0.1, -0.05) is 0 Å². The number of nitrogens with zero attached hydrogens (tertiary/aromatic N) is 1. The largest absolute Gasteiger partial charge is 0.433 e. The van der Waals surface area contributed by atoms with Gasteiger partial charge in [0, 0.05) is 5.69 Å². The van der Waals surface area contributed by atoms with Crippen molar-refractivity contribution in [1.82, 2.24) is 4.98 Å². The average Bonchev–Trinajstić information content (AvgIpc) is 1.94. The molecule has 0 radical (unpaired) electrons. The van der Waals surface area contributed by atoms with E-state index >= 15 is 0 Å². The Kier molecular flexibility index (Phi) is 2.58. The van der Waals surface area contributed by atoms with Crippen molar-refractivity contribution in [2.24, 2.45) is 0 Å². The highest BCUT2D eigenvalue weighted by molar-refractivity contribution is 5.27. The van der Waals surface area contributed by atoms with Crippen LogP contribution in [0.5, 0.6) is 5.75 Å². The predicted molar refractivity (Wildman–Crippen MR) is 40.3 cm³/mol. The summed E-state index contributed by atoms with van der Waals surface area (Å²) in [7, 11) is 0. The second kappa shape index (κ2) is 3.47. The Morgan fingerprint density at radius 1 is 1.33 bits per heavy atom. The predicted octanol–water partition coefficient (Wildman–Crippen LogP) is 2.30. The Balaban J connectivity index is 2.86. The van der Waals surface area contributed by atoms with Crippen LogP contribution in [0.15, 0.2) is 12.1 Å². The molecule has 0 saturated heterocycles. The molecule has 4 heteroatoms. The fourth-order valence-electron chi connectivity index (χ4n) is 0.894. The van der Waals surface area contributed by atoms with Crippen molar-refractivity contribution in [3.63, 3.8) is 0 Å². The summed E-state index contributed by atoms with van der Waals surface area (Å²) < 4.78 is 27.7. The van der Waals surface area contributed by atoms with Crippen molar-refractivity contribution in [3.05, 3.63) is 23.5 Å². The summed E-state index contributed by atoms with van der Waals surface area (Å²) in [5.41, 5.74) is 1.27. The van der Waals surface area contributed by atoms with Crippen molar-refractivity contribution in [1.29, 1.82) is 0 Å². The van der Waals surface area contributed by atoms with Gasteiger partial charge in [0.05, 0.1) is 5.69 Å². The standard InChI is InChI=1S/C8H9F2NO/c1-5-3-4-7(6(2)11-5)12-8(9)10/h3-4,8H,1-2H3. The van der Waals surface area contributed by atoms with E-state index in [4.69, 9.17) is 0 Å². The molecule has 0 atom stereocenters. The Morgan fingerprint density at radius 2 is 2.00 bits per heavy atom. The first-order valence-electron chi connectivity index (χ1n) is 3.48. The van der Waals surface area contributed by atoms with Crippen LogP contribution in [-0.4, -0.2) is 11.6 Å². The lowest BCUT2D eigenvalue weighted by molar-refractivity contribution is -0.0505. The number of aryl methyl sites for hydroxylation is 2. The number of aromatic nitrogens is 1. The fraction of sp³-hybridized carbons (Fsp3) is 0.375. The smallest absolute Gasteiger partial charge is 0.387 e. The van der Waals surface area contributed by atoms with Crippen LogP contribution in [0, 0.1) is 13.8 Å². The molecule has 0 unspecified atom stereocenters. The molecule has 2 nitrogen and oxygen atoms in total. The van der Waals surface area contributed by atoms with Crippen molar-refractivity contribution >= 4 is 0 Å². The van der Waals surface area contributed by atoms with Gasteiger partial charge in [-0.05, 0) is 26.0 Å². The summed E-state index contributed by atoms with van der Waals surface area (Å²) in [4.78, 5) is 3.97. The van der Waals surface area contributed by atoms with Crippen LogP contribution in [0.2, 0.25) is 0 Å². The fourth-order valence-corrected chi connectivity index (χ4v) is 0.894. The second-order valence-electron chi connectivity index (χ2n) is 2.41. The molecule has 0 bridgehead atoms. The maximum atomic E-state index is 11.8. The Morgan fingerprint density at radius 3 is 2.50 bits per heavy atom. The van der Waals surface area contributed by atoms with Crippen LogP contribution >= 0.6 is 0 Å². The van der Waals surface area contributed by atoms with Gasteiger partial charge in [-0.3, -0.25) is 4.98 Å². The monoisotopic (exact) mass is 173 g/mol. The Bertz CT molecular complexity index is 276. The van der Waals surface area contributed by atoms with Crippen LogP contribution in [0.1, 0.15) is 11.4 Å². The number of ether oxygens (including phenoxy) is 1. The van der Waals surface area contributed by atoms with Crippen LogP contribution in [0.3, 0.4) is 0 Å². The third-order valence-electron chi connectivity index (χ3n) is 1.39. The molecule has 66 valence electrons. The van der Waals surface area contributed by atoms with Crippen molar-refractivity contribution in [3.8, 4) is 5.75 Å². The van der Waals surface area contributed by atoms with Crippen LogP contribution < -0.4 is 4.74 Å². The summed E-state index contributed by atoms with van der Waals surface area (Å²) in [6.07, 6.45) is 0.